The zero-order valence-corrected chi connectivity index (χ0v) is 12.2. The Hall–Kier alpha value is -0.640. The van der Waals surface area contributed by atoms with Crippen LogP contribution in [0.1, 0.15) is 41.5 Å². The van der Waals surface area contributed by atoms with Crippen LogP contribution < -0.4 is 0 Å². The Kier molecular flexibility index (Phi) is 4.76. The molecule has 0 aromatic carbocycles. The summed E-state index contributed by atoms with van der Waals surface area (Å²) < 4.78 is 25.2. The molecule has 3 nitrogen and oxygen atoms in total. The topological polar surface area (TPSA) is 35.5 Å². The maximum absolute atomic E-state index is 14.3. The van der Waals surface area contributed by atoms with Gasteiger partial charge in [0.15, 0.2) is 0 Å². The van der Waals surface area contributed by atoms with Gasteiger partial charge in [0.1, 0.15) is 12.8 Å². The molecule has 0 aromatic rings. The lowest BCUT2D eigenvalue weighted by atomic mass is 9.75. The number of carbonyl (C=O) groups excluding carboxylic acids is 1. The second kappa shape index (κ2) is 5.55. The van der Waals surface area contributed by atoms with Crippen molar-refractivity contribution in [2.24, 2.45) is 17.3 Å². The highest BCUT2D eigenvalue weighted by atomic mass is 19.1. The van der Waals surface area contributed by atoms with Crippen molar-refractivity contribution in [3.63, 3.8) is 0 Å². The maximum atomic E-state index is 14.3. The van der Waals surface area contributed by atoms with Crippen LogP contribution >= 0.6 is 0 Å². The summed E-state index contributed by atoms with van der Waals surface area (Å²) in [4.78, 5) is 10.9. The first-order valence-corrected chi connectivity index (χ1v) is 6.57. The van der Waals surface area contributed by atoms with Crippen molar-refractivity contribution >= 4 is 5.97 Å². The number of esters is 1. The molecule has 2 unspecified atom stereocenters. The summed E-state index contributed by atoms with van der Waals surface area (Å²) in [5, 5.41) is 0. The van der Waals surface area contributed by atoms with Crippen molar-refractivity contribution in [1.82, 2.24) is 0 Å². The molecule has 1 aliphatic rings. The molecule has 106 valence electrons. The van der Waals surface area contributed by atoms with E-state index in [0.29, 0.717) is 0 Å². The number of hydrogen-bond acceptors (Lipinski definition) is 3. The third-order valence-electron chi connectivity index (χ3n) is 3.83. The second-order valence-corrected chi connectivity index (χ2v) is 6.43. The van der Waals surface area contributed by atoms with Gasteiger partial charge in [0, 0.05) is 6.92 Å². The lowest BCUT2D eigenvalue weighted by Crippen LogP contribution is -2.53. The molecule has 0 amide bonds. The van der Waals surface area contributed by atoms with Crippen molar-refractivity contribution in [1.29, 1.82) is 0 Å². The molecule has 0 aliphatic carbocycles. The molecule has 0 bridgehead atoms. The van der Waals surface area contributed by atoms with Gasteiger partial charge < -0.3 is 9.47 Å². The standard InChI is InChI=1S/C14H25FO3/c1-8-9(2)12(15)13(14(4,5)6)18-11(8)7-17-10(3)16/h8-9,11-13H,7H2,1-6H3/t8-,9-,11?,12?,13+/m0/s1. The molecule has 0 aromatic heterocycles. The van der Waals surface area contributed by atoms with E-state index in [1.807, 2.05) is 34.6 Å². The third kappa shape index (κ3) is 3.44. The number of hydrogen-bond donors (Lipinski definition) is 0. The fraction of sp³-hybridized carbons (Fsp3) is 0.929. The summed E-state index contributed by atoms with van der Waals surface area (Å²) in [6, 6.07) is 0. The van der Waals surface area contributed by atoms with Crippen LogP contribution in [0.15, 0.2) is 0 Å². The summed E-state index contributed by atoms with van der Waals surface area (Å²) in [5.41, 5.74) is -0.262. The summed E-state index contributed by atoms with van der Waals surface area (Å²) >= 11 is 0. The van der Waals surface area contributed by atoms with E-state index in [2.05, 4.69) is 0 Å². The first-order chi connectivity index (χ1) is 8.14. The highest BCUT2D eigenvalue weighted by molar-refractivity contribution is 5.65. The molecule has 0 radical (unpaired) electrons. The molecule has 1 rings (SSSR count). The van der Waals surface area contributed by atoms with E-state index in [-0.39, 0.29) is 35.9 Å². The quantitative estimate of drug-likeness (QED) is 0.716. The molecule has 18 heavy (non-hydrogen) atoms. The van der Waals surface area contributed by atoms with Crippen LogP contribution in [0.25, 0.3) is 0 Å². The van der Waals surface area contributed by atoms with E-state index >= 15 is 0 Å². The van der Waals surface area contributed by atoms with Crippen LogP contribution in [0.4, 0.5) is 4.39 Å². The average Bonchev–Trinajstić information content (AvgIpc) is 2.23. The van der Waals surface area contributed by atoms with E-state index < -0.39 is 12.3 Å². The zero-order valence-electron chi connectivity index (χ0n) is 12.2. The zero-order chi connectivity index (χ0) is 14.1. The van der Waals surface area contributed by atoms with Crippen LogP contribution in [0.3, 0.4) is 0 Å². The molecule has 5 atom stereocenters. The van der Waals surface area contributed by atoms with Gasteiger partial charge in [-0.25, -0.2) is 4.39 Å². The van der Waals surface area contributed by atoms with Crippen LogP contribution in [-0.2, 0) is 14.3 Å². The monoisotopic (exact) mass is 260 g/mol. The molecule has 4 heteroatoms. The van der Waals surface area contributed by atoms with Crippen molar-refractivity contribution < 1.29 is 18.7 Å². The first kappa shape index (κ1) is 15.4. The molecule has 0 N–H and O–H groups in total. The Labute approximate surface area is 109 Å². The van der Waals surface area contributed by atoms with Gasteiger partial charge in [-0.05, 0) is 17.3 Å². The van der Waals surface area contributed by atoms with Gasteiger partial charge in [0.2, 0.25) is 0 Å². The smallest absolute Gasteiger partial charge is 0.302 e. The molecular weight excluding hydrogens is 235 g/mol. The Morgan fingerprint density at radius 3 is 2.28 bits per heavy atom. The number of carbonyl (C=O) groups is 1. The number of halogens is 1. The lowest BCUT2D eigenvalue weighted by molar-refractivity contribution is -0.196. The van der Waals surface area contributed by atoms with Gasteiger partial charge >= 0.3 is 5.97 Å². The van der Waals surface area contributed by atoms with Crippen LogP contribution in [-0.4, -0.2) is 31.0 Å². The van der Waals surface area contributed by atoms with Crippen molar-refractivity contribution in [2.75, 3.05) is 6.61 Å². The maximum Gasteiger partial charge on any atom is 0.302 e. The van der Waals surface area contributed by atoms with Gasteiger partial charge in [-0.3, -0.25) is 4.79 Å². The highest BCUT2D eigenvalue weighted by Gasteiger charge is 2.46. The van der Waals surface area contributed by atoms with Gasteiger partial charge in [-0.2, -0.15) is 0 Å². The minimum Gasteiger partial charge on any atom is -0.463 e. The Morgan fingerprint density at radius 1 is 1.28 bits per heavy atom. The lowest BCUT2D eigenvalue weighted by Gasteiger charge is -2.46. The first-order valence-electron chi connectivity index (χ1n) is 6.57. The summed E-state index contributed by atoms with van der Waals surface area (Å²) in [6.45, 7) is 11.3. The Balaban J connectivity index is 2.77. The van der Waals surface area contributed by atoms with Gasteiger partial charge in [-0.15, -0.1) is 0 Å². The van der Waals surface area contributed by atoms with E-state index in [9.17, 15) is 9.18 Å². The highest BCUT2D eigenvalue weighted by Crippen LogP contribution is 2.39. The fourth-order valence-electron chi connectivity index (χ4n) is 2.36. The molecule has 1 heterocycles. The van der Waals surface area contributed by atoms with Gasteiger partial charge in [0.25, 0.3) is 0 Å². The number of ether oxygens (including phenoxy) is 2. The molecular formula is C14H25FO3. The number of rotatable bonds is 2. The predicted octanol–water partition coefficient (Wildman–Crippen LogP) is 2.97. The average molecular weight is 260 g/mol. The molecule has 1 saturated heterocycles. The van der Waals surface area contributed by atoms with E-state index in [0.717, 1.165) is 0 Å². The Bertz CT molecular complexity index is 298. The SMILES string of the molecule is CC(=O)OCC1O[C@@H](C(C)(C)C)C(F)[C@@H](C)[C@@H]1C. The van der Waals surface area contributed by atoms with Gasteiger partial charge in [-0.1, -0.05) is 34.6 Å². The van der Waals surface area contributed by atoms with E-state index in [4.69, 9.17) is 9.47 Å². The van der Waals surface area contributed by atoms with Crippen molar-refractivity contribution in [2.45, 2.75) is 59.9 Å². The van der Waals surface area contributed by atoms with Gasteiger partial charge in [0.05, 0.1) is 12.2 Å². The minimum atomic E-state index is -0.978. The predicted molar refractivity (Wildman–Crippen MR) is 68.0 cm³/mol. The second-order valence-electron chi connectivity index (χ2n) is 6.43. The molecule has 1 aliphatic heterocycles. The summed E-state index contributed by atoms with van der Waals surface area (Å²) in [7, 11) is 0. The molecule has 0 saturated carbocycles. The Morgan fingerprint density at radius 2 is 1.83 bits per heavy atom. The normalized spacial score (nSPS) is 37.4. The molecule has 1 fully saturated rings. The third-order valence-corrected chi connectivity index (χ3v) is 3.83. The summed E-state index contributed by atoms with van der Waals surface area (Å²) in [6.07, 6.45) is -1.65. The van der Waals surface area contributed by atoms with Crippen molar-refractivity contribution in [3.8, 4) is 0 Å². The fourth-order valence-corrected chi connectivity index (χ4v) is 2.36. The van der Waals surface area contributed by atoms with Crippen molar-refractivity contribution in [3.05, 3.63) is 0 Å². The van der Waals surface area contributed by atoms with Crippen LogP contribution in [0.5, 0.6) is 0 Å². The largest absolute Gasteiger partial charge is 0.463 e. The summed E-state index contributed by atoms with van der Waals surface area (Å²) in [5.74, 6) is -0.380. The van der Waals surface area contributed by atoms with E-state index in [1.165, 1.54) is 6.92 Å². The minimum absolute atomic E-state index is 0.0398. The van der Waals surface area contributed by atoms with Crippen LogP contribution in [0.2, 0.25) is 0 Å². The number of alkyl halides is 1. The van der Waals surface area contributed by atoms with Crippen LogP contribution in [0, 0.1) is 17.3 Å². The molecule has 0 spiro atoms. The van der Waals surface area contributed by atoms with E-state index in [1.54, 1.807) is 0 Å².